The van der Waals surface area contributed by atoms with E-state index in [2.05, 4.69) is 16.2 Å². The van der Waals surface area contributed by atoms with Gasteiger partial charge in [-0.25, -0.2) is 9.67 Å². The van der Waals surface area contributed by atoms with Crippen molar-refractivity contribution in [3.05, 3.63) is 71.3 Å². The Hall–Kier alpha value is -4.16. The third kappa shape index (κ3) is 4.11. The summed E-state index contributed by atoms with van der Waals surface area (Å²) >= 11 is 0. The normalized spacial score (nSPS) is 13.1. The summed E-state index contributed by atoms with van der Waals surface area (Å²) in [6.07, 6.45) is 7.00. The van der Waals surface area contributed by atoms with Crippen LogP contribution in [0.4, 0.5) is 0 Å². The minimum absolute atomic E-state index is 0.299. The average molecular weight is 457 g/mol. The molecule has 9 nitrogen and oxygen atoms in total. The molecule has 4 heterocycles. The Labute approximate surface area is 197 Å². The third-order valence-electron chi connectivity index (χ3n) is 5.87. The van der Waals surface area contributed by atoms with Gasteiger partial charge in [-0.1, -0.05) is 12.1 Å². The van der Waals surface area contributed by atoms with Crippen molar-refractivity contribution in [3.8, 4) is 34.6 Å². The second-order valence-electron chi connectivity index (χ2n) is 7.93. The van der Waals surface area contributed by atoms with Crippen LogP contribution in [0.3, 0.4) is 0 Å². The molecule has 0 amide bonds. The zero-order valence-electron chi connectivity index (χ0n) is 19.1. The molecule has 0 N–H and O–H groups in total. The van der Waals surface area contributed by atoms with Gasteiger partial charge in [-0.2, -0.15) is 15.5 Å². The van der Waals surface area contributed by atoms with E-state index in [0.717, 1.165) is 46.7 Å². The summed E-state index contributed by atoms with van der Waals surface area (Å²) in [6, 6.07) is 11.8. The van der Waals surface area contributed by atoms with Crippen LogP contribution in [0.5, 0.6) is 11.6 Å². The fourth-order valence-corrected chi connectivity index (χ4v) is 4.19. The highest BCUT2D eigenvalue weighted by Gasteiger charge is 2.23. The molecule has 0 atom stereocenters. The van der Waals surface area contributed by atoms with Gasteiger partial charge in [0.2, 0.25) is 5.88 Å². The zero-order chi connectivity index (χ0) is 23.5. The van der Waals surface area contributed by atoms with Crippen molar-refractivity contribution in [2.45, 2.75) is 19.4 Å². The molecular weight excluding hydrogens is 432 g/mol. The van der Waals surface area contributed by atoms with Crippen molar-refractivity contribution in [1.29, 1.82) is 5.26 Å². The molecule has 1 aliphatic heterocycles. The van der Waals surface area contributed by atoms with Crippen molar-refractivity contribution >= 4 is 0 Å². The predicted octanol–water partition coefficient (Wildman–Crippen LogP) is 3.18. The summed E-state index contributed by atoms with van der Waals surface area (Å²) in [4.78, 5) is 4.30. The summed E-state index contributed by atoms with van der Waals surface area (Å²) in [5.41, 5.74) is 6.21. The van der Waals surface area contributed by atoms with E-state index in [9.17, 15) is 5.26 Å². The van der Waals surface area contributed by atoms with Crippen molar-refractivity contribution in [2.75, 3.05) is 27.4 Å². The van der Waals surface area contributed by atoms with Crippen molar-refractivity contribution in [1.82, 2.24) is 24.5 Å². The summed E-state index contributed by atoms with van der Waals surface area (Å²) in [5.74, 6) is 1.13. The number of hydrogen-bond donors (Lipinski definition) is 0. The van der Waals surface area contributed by atoms with Gasteiger partial charge in [0.15, 0.2) is 0 Å². The Kier molecular flexibility index (Phi) is 5.97. The fraction of sp³-hybridized carbons (Fsp3) is 0.280. The first-order chi connectivity index (χ1) is 16.7. The molecule has 0 saturated carbocycles. The second kappa shape index (κ2) is 9.37. The first kappa shape index (κ1) is 21.7. The van der Waals surface area contributed by atoms with Gasteiger partial charge in [0, 0.05) is 23.7 Å². The van der Waals surface area contributed by atoms with E-state index in [1.165, 1.54) is 7.11 Å². The lowest BCUT2D eigenvalue weighted by Crippen LogP contribution is -2.06. The van der Waals surface area contributed by atoms with E-state index in [-0.39, 0.29) is 0 Å². The lowest BCUT2D eigenvalue weighted by Gasteiger charge is -2.08. The molecule has 0 saturated heterocycles. The number of rotatable bonds is 6. The average Bonchev–Trinajstić information content (AvgIpc) is 3.40. The van der Waals surface area contributed by atoms with E-state index >= 15 is 0 Å². The Morgan fingerprint density at radius 3 is 2.68 bits per heavy atom. The van der Waals surface area contributed by atoms with Crippen LogP contribution in [-0.4, -0.2) is 52.0 Å². The molecule has 0 fully saturated rings. The SMILES string of the molecule is COc1ccc(Cn2cc(-c3nn(-c4cnc(OC)c(C#N)c4)c4c3CCOCC4)cn2)cc1. The minimum Gasteiger partial charge on any atom is -0.497 e. The molecule has 34 heavy (non-hydrogen) atoms. The smallest absolute Gasteiger partial charge is 0.231 e. The number of fused-ring (bicyclic) bond motifs is 1. The predicted molar refractivity (Wildman–Crippen MR) is 124 cm³/mol. The molecule has 1 aromatic carbocycles. The van der Waals surface area contributed by atoms with Crippen LogP contribution in [0, 0.1) is 11.3 Å². The van der Waals surface area contributed by atoms with E-state index in [4.69, 9.17) is 19.3 Å². The number of methoxy groups -OCH3 is 2. The molecule has 0 radical (unpaired) electrons. The first-order valence-electron chi connectivity index (χ1n) is 11.0. The van der Waals surface area contributed by atoms with Crippen LogP contribution in [0.15, 0.2) is 48.9 Å². The van der Waals surface area contributed by atoms with E-state index in [1.54, 1.807) is 19.4 Å². The summed E-state index contributed by atoms with van der Waals surface area (Å²) in [6.45, 7) is 1.89. The summed E-state index contributed by atoms with van der Waals surface area (Å²) < 4.78 is 19.9. The highest BCUT2D eigenvalue weighted by Crippen LogP contribution is 2.30. The molecule has 0 bridgehead atoms. The maximum atomic E-state index is 9.50. The molecule has 1 aliphatic rings. The highest BCUT2D eigenvalue weighted by molar-refractivity contribution is 5.64. The molecule has 0 aliphatic carbocycles. The van der Waals surface area contributed by atoms with Gasteiger partial charge in [0.1, 0.15) is 17.4 Å². The molecule has 3 aromatic heterocycles. The van der Waals surface area contributed by atoms with Crippen LogP contribution in [0.2, 0.25) is 0 Å². The minimum atomic E-state index is 0.299. The number of pyridine rings is 1. The van der Waals surface area contributed by atoms with Crippen LogP contribution in [0.1, 0.15) is 22.4 Å². The lowest BCUT2D eigenvalue weighted by atomic mass is 10.1. The quantitative estimate of drug-likeness (QED) is 0.439. The molecule has 0 unspecified atom stereocenters. The Bertz CT molecular complexity index is 1350. The van der Waals surface area contributed by atoms with Crippen LogP contribution in [-0.2, 0) is 24.1 Å². The molecular formula is C25H24N6O3. The number of ether oxygens (including phenoxy) is 3. The monoisotopic (exact) mass is 456 g/mol. The van der Waals surface area contributed by atoms with Crippen molar-refractivity contribution in [2.24, 2.45) is 0 Å². The number of nitriles is 1. The molecule has 9 heteroatoms. The molecule has 0 spiro atoms. The topological polar surface area (TPSA) is 100 Å². The van der Waals surface area contributed by atoms with Gasteiger partial charge in [-0.3, -0.25) is 4.68 Å². The highest BCUT2D eigenvalue weighted by atomic mass is 16.5. The van der Waals surface area contributed by atoms with Crippen LogP contribution in [0.25, 0.3) is 16.9 Å². The summed E-state index contributed by atoms with van der Waals surface area (Å²) in [5, 5.41) is 19.0. The van der Waals surface area contributed by atoms with Gasteiger partial charge in [0.25, 0.3) is 0 Å². The first-order valence-corrected chi connectivity index (χ1v) is 11.0. The van der Waals surface area contributed by atoms with Crippen LogP contribution < -0.4 is 9.47 Å². The lowest BCUT2D eigenvalue weighted by molar-refractivity contribution is 0.145. The Morgan fingerprint density at radius 1 is 1.09 bits per heavy atom. The van der Waals surface area contributed by atoms with Gasteiger partial charge >= 0.3 is 0 Å². The number of hydrogen-bond acceptors (Lipinski definition) is 7. The Morgan fingerprint density at radius 2 is 1.91 bits per heavy atom. The standard InChI is InChI=1S/C25H24N6O3/c1-32-21-5-3-17(4-6-21)15-30-16-19(13-28-30)24-22-7-9-34-10-8-23(22)31(29-24)20-11-18(12-26)25(33-2)27-14-20/h3-6,11,13-14,16H,7-10,15H2,1-2H3. The van der Waals surface area contributed by atoms with Gasteiger partial charge in [-0.05, 0) is 30.2 Å². The van der Waals surface area contributed by atoms with E-state index < -0.39 is 0 Å². The maximum Gasteiger partial charge on any atom is 0.231 e. The molecule has 172 valence electrons. The van der Waals surface area contributed by atoms with E-state index in [0.29, 0.717) is 36.9 Å². The largest absolute Gasteiger partial charge is 0.497 e. The summed E-state index contributed by atoms with van der Waals surface area (Å²) in [7, 11) is 3.16. The second-order valence-corrected chi connectivity index (χ2v) is 7.93. The fourth-order valence-electron chi connectivity index (χ4n) is 4.19. The Balaban J connectivity index is 1.51. The third-order valence-corrected chi connectivity index (χ3v) is 5.87. The van der Waals surface area contributed by atoms with Gasteiger partial charge in [0.05, 0.1) is 63.4 Å². The number of benzene rings is 1. The van der Waals surface area contributed by atoms with Gasteiger partial charge in [-0.15, -0.1) is 0 Å². The van der Waals surface area contributed by atoms with Crippen molar-refractivity contribution in [3.63, 3.8) is 0 Å². The van der Waals surface area contributed by atoms with Crippen molar-refractivity contribution < 1.29 is 14.2 Å². The molecule has 4 aromatic rings. The zero-order valence-corrected chi connectivity index (χ0v) is 19.1. The van der Waals surface area contributed by atoms with E-state index in [1.807, 2.05) is 46.0 Å². The number of aromatic nitrogens is 5. The van der Waals surface area contributed by atoms with Gasteiger partial charge < -0.3 is 14.2 Å². The number of nitrogens with zero attached hydrogens (tertiary/aromatic N) is 6. The van der Waals surface area contributed by atoms with Crippen LogP contribution >= 0.6 is 0 Å². The maximum absolute atomic E-state index is 9.50. The molecule has 5 rings (SSSR count).